The van der Waals surface area contributed by atoms with Crippen molar-refractivity contribution in [1.29, 1.82) is 0 Å². The Morgan fingerprint density at radius 1 is 1.25 bits per heavy atom. The highest BCUT2D eigenvalue weighted by Crippen LogP contribution is 2.28. The monoisotopic (exact) mass is 274 g/mol. The molecule has 0 saturated heterocycles. The first-order valence-electron chi connectivity index (χ1n) is 6.19. The summed E-state index contributed by atoms with van der Waals surface area (Å²) in [6.07, 6.45) is 0. The summed E-state index contributed by atoms with van der Waals surface area (Å²) in [5.74, 6) is -1.42. The van der Waals surface area contributed by atoms with Gasteiger partial charge in [-0.05, 0) is 43.3 Å². The van der Waals surface area contributed by atoms with Crippen LogP contribution in [0.4, 0.5) is 21.5 Å². The van der Waals surface area contributed by atoms with Crippen LogP contribution in [0, 0.1) is 5.82 Å². The third-order valence-electron chi connectivity index (χ3n) is 3.02. The molecule has 104 valence electrons. The maximum Gasteiger partial charge on any atom is 0.337 e. The van der Waals surface area contributed by atoms with Crippen LogP contribution in [0.1, 0.15) is 17.3 Å². The predicted molar refractivity (Wildman–Crippen MR) is 76.9 cm³/mol. The lowest BCUT2D eigenvalue weighted by atomic mass is 10.1. The van der Waals surface area contributed by atoms with Gasteiger partial charge in [-0.1, -0.05) is 6.07 Å². The minimum atomic E-state index is -1.08. The number of rotatable bonds is 4. The Kier molecular flexibility index (Phi) is 3.89. The molecule has 5 heteroatoms. The van der Waals surface area contributed by atoms with Crippen LogP contribution in [0.5, 0.6) is 0 Å². The molecule has 0 heterocycles. The van der Waals surface area contributed by atoms with Gasteiger partial charge in [-0.15, -0.1) is 0 Å². The second kappa shape index (κ2) is 5.61. The lowest BCUT2D eigenvalue weighted by Gasteiger charge is -2.24. The summed E-state index contributed by atoms with van der Waals surface area (Å²) >= 11 is 0. The molecule has 0 spiro atoms. The topological polar surface area (TPSA) is 66.6 Å². The standard InChI is InChI=1S/C15H15FN2O2/c1-2-18(11-5-3-4-10(16)8-11)12-6-7-14(17)13(9-12)15(19)20/h3-9H,2,17H2,1H3,(H,19,20). The fraction of sp³-hybridized carbons (Fsp3) is 0.133. The number of nitrogen functional groups attached to an aromatic ring is 1. The Hall–Kier alpha value is -2.56. The highest BCUT2D eigenvalue weighted by Gasteiger charge is 2.13. The summed E-state index contributed by atoms with van der Waals surface area (Å²) in [7, 11) is 0. The van der Waals surface area contributed by atoms with Crippen LogP contribution in [0.3, 0.4) is 0 Å². The van der Waals surface area contributed by atoms with Crippen molar-refractivity contribution in [3.63, 3.8) is 0 Å². The summed E-state index contributed by atoms with van der Waals surface area (Å²) in [4.78, 5) is 12.9. The number of anilines is 3. The second-order valence-corrected chi connectivity index (χ2v) is 4.30. The third kappa shape index (κ3) is 2.71. The van der Waals surface area contributed by atoms with Gasteiger partial charge in [0.1, 0.15) is 5.82 Å². The van der Waals surface area contributed by atoms with Gasteiger partial charge >= 0.3 is 5.97 Å². The molecule has 0 bridgehead atoms. The zero-order chi connectivity index (χ0) is 14.7. The maximum atomic E-state index is 13.3. The zero-order valence-electron chi connectivity index (χ0n) is 11.0. The van der Waals surface area contributed by atoms with E-state index in [2.05, 4.69) is 0 Å². The minimum Gasteiger partial charge on any atom is -0.478 e. The van der Waals surface area contributed by atoms with Gasteiger partial charge in [0.05, 0.1) is 5.56 Å². The molecule has 0 amide bonds. The van der Waals surface area contributed by atoms with Crippen LogP contribution in [0.2, 0.25) is 0 Å². The van der Waals surface area contributed by atoms with Crippen molar-refractivity contribution >= 4 is 23.0 Å². The highest BCUT2D eigenvalue weighted by molar-refractivity contribution is 5.95. The van der Waals surface area contributed by atoms with Crippen LogP contribution in [-0.4, -0.2) is 17.6 Å². The summed E-state index contributed by atoms with van der Waals surface area (Å²) in [6.45, 7) is 2.48. The molecule has 2 aromatic rings. The third-order valence-corrected chi connectivity index (χ3v) is 3.02. The van der Waals surface area contributed by atoms with Crippen molar-refractivity contribution in [3.8, 4) is 0 Å². The first-order chi connectivity index (χ1) is 9.52. The van der Waals surface area contributed by atoms with E-state index in [-0.39, 0.29) is 17.1 Å². The van der Waals surface area contributed by atoms with Gasteiger partial charge in [0.2, 0.25) is 0 Å². The molecule has 2 rings (SSSR count). The van der Waals surface area contributed by atoms with Crippen LogP contribution in [0.15, 0.2) is 42.5 Å². The van der Waals surface area contributed by atoms with Crippen molar-refractivity contribution in [2.75, 3.05) is 17.2 Å². The van der Waals surface area contributed by atoms with E-state index in [1.165, 1.54) is 18.2 Å². The van der Waals surface area contributed by atoms with Crippen molar-refractivity contribution in [3.05, 3.63) is 53.8 Å². The number of benzene rings is 2. The van der Waals surface area contributed by atoms with Gasteiger partial charge in [0, 0.05) is 23.6 Å². The van der Waals surface area contributed by atoms with Crippen LogP contribution >= 0.6 is 0 Å². The molecule has 0 saturated carbocycles. The van der Waals surface area contributed by atoms with E-state index in [4.69, 9.17) is 10.8 Å². The number of carbonyl (C=O) groups is 1. The second-order valence-electron chi connectivity index (χ2n) is 4.30. The first kappa shape index (κ1) is 13.9. The summed E-state index contributed by atoms with van der Waals surface area (Å²) in [5.41, 5.74) is 7.20. The molecule has 0 aromatic heterocycles. The van der Waals surface area contributed by atoms with E-state index in [1.54, 1.807) is 24.3 Å². The number of nitrogens with zero attached hydrogens (tertiary/aromatic N) is 1. The van der Waals surface area contributed by atoms with E-state index in [9.17, 15) is 9.18 Å². The summed E-state index contributed by atoms with van der Waals surface area (Å²) < 4.78 is 13.3. The SMILES string of the molecule is CCN(c1cccc(F)c1)c1ccc(N)c(C(=O)O)c1. The number of nitrogens with two attached hydrogens (primary N) is 1. The van der Waals surface area contributed by atoms with E-state index in [0.717, 1.165) is 0 Å². The predicted octanol–water partition coefficient (Wildman–Crippen LogP) is 3.26. The smallest absolute Gasteiger partial charge is 0.337 e. The molecule has 0 aliphatic heterocycles. The lowest BCUT2D eigenvalue weighted by Crippen LogP contribution is -2.17. The van der Waals surface area contributed by atoms with Crippen LogP contribution in [-0.2, 0) is 0 Å². The Bertz CT molecular complexity index is 644. The quantitative estimate of drug-likeness (QED) is 0.840. The number of carboxylic acids is 1. The van der Waals surface area contributed by atoms with Gasteiger partial charge in [-0.3, -0.25) is 0 Å². The van der Waals surface area contributed by atoms with E-state index in [1.807, 2.05) is 11.8 Å². The van der Waals surface area contributed by atoms with E-state index in [0.29, 0.717) is 17.9 Å². The molecule has 0 radical (unpaired) electrons. The van der Waals surface area contributed by atoms with Crippen molar-refractivity contribution in [2.24, 2.45) is 0 Å². The average Bonchev–Trinajstić information content (AvgIpc) is 2.41. The number of aromatic carboxylic acids is 1. The van der Waals surface area contributed by atoms with Crippen molar-refractivity contribution < 1.29 is 14.3 Å². The molecule has 0 atom stereocenters. The Balaban J connectivity index is 2.47. The summed E-state index contributed by atoms with van der Waals surface area (Å²) in [5, 5.41) is 9.10. The van der Waals surface area contributed by atoms with Gasteiger partial charge in [0.25, 0.3) is 0 Å². The molecule has 0 fully saturated rings. The maximum absolute atomic E-state index is 13.3. The van der Waals surface area contributed by atoms with Gasteiger partial charge < -0.3 is 15.7 Å². The van der Waals surface area contributed by atoms with Gasteiger partial charge in [-0.2, -0.15) is 0 Å². The Morgan fingerprint density at radius 2 is 1.95 bits per heavy atom. The van der Waals surface area contributed by atoms with Gasteiger partial charge in [0.15, 0.2) is 0 Å². The normalized spacial score (nSPS) is 10.3. The molecule has 2 aromatic carbocycles. The van der Waals surface area contributed by atoms with Crippen molar-refractivity contribution in [2.45, 2.75) is 6.92 Å². The molecule has 0 aliphatic rings. The molecular formula is C15H15FN2O2. The van der Waals surface area contributed by atoms with Crippen molar-refractivity contribution in [1.82, 2.24) is 0 Å². The number of hydrogen-bond acceptors (Lipinski definition) is 3. The number of hydrogen-bond donors (Lipinski definition) is 2. The molecular weight excluding hydrogens is 259 g/mol. The van der Waals surface area contributed by atoms with Gasteiger partial charge in [-0.25, -0.2) is 9.18 Å². The zero-order valence-corrected chi connectivity index (χ0v) is 11.0. The lowest BCUT2D eigenvalue weighted by molar-refractivity contribution is 0.0698. The molecule has 3 N–H and O–H groups in total. The fourth-order valence-corrected chi connectivity index (χ4v) is 2.06. The fourth-order valence-electron chi connectivity index (χ4n) is 2.06. The number of carboxylic acid groups (broad SMARTS) is 1. The molecule has 0 aliphatic carbocycles. The van der Waals surface area contributed by atoms with Crippen LogP contribution in [0.25, 0.3) is 0 Å². The first-order valence-corrected chi connectivity index (χ1v) is 6.19. The van der Waals surface area contributed by atoms with Crippen LogP contribution < -0.4 is 10.6 Å². The van der Waals surface area contributed by atoms with E-state index >= 15 is 0 Å². The summed E-state index contributed by atoms with van der Waals surface area (Å²) in [6, 6.07) is 10.9. The Labute approximate surface area is 116 Å². The largest absolute Gasteiger partial charge is 0.478 e. The highest BCUT2D eigenvalue weighted by atomic mass is 19.1. The molecule has 20 heavy (non-hydrogen) atoms. The minimum absolute atomic E-state index is 0.0392. The van der Waals surface area contributed by atoms with E-state index < -0.39 is 5.97 Å². The Morgan fingerprint density at radius 3 is 2.55 bits per heavy atom. The number of halogens is 1. The molecule has 4 nitrogen and oxygen atoms in total. The molecule has 0 unspecified atom stereocenters. The average molecular weight is 274 g/mol.